The lowest BCUT2D eigenvalue weighted by atomic mass is 10.2. The molecule has 0 fully saturated rings. The number of nitrogens with zero attached hydrogens (tertiary/aromatic N) is 2. The van der Waals surface area contributed by atoms with Crippen molar-refractivity contribution in [1.82, 2.24) is 4.73 Å². The van der Waals surface area contributed by atoms with Crippen LogP contribution in [0.3, 0.4) is 0 Å². The third-order valence-corrected chi connectivity index (χ3v) is 4.24. The number of hydrogen-bond donors (Lipinski definition) is 0. The molecule has 0 amide bonds. The summed E-state index contributed by atoms with van der Waals surface area (Å²) in [4.78, 5) is 12.2. The molecule has 0 N–H and O–H groups in total. The molecule has 0 unspecified atom stereocenters. The first kappa shape index (κ1) is 12.6. The minimum atomic E-state index is -3.44. The summed E-state index contributed by atoms with van der Waals surface area (Å²) >= 11 is 0. The quantitative estimate of drug-likeness (QED) is 0.501. The Morgan fingerprint density at radius 1 is 1.05 bits per heavy atom. The number of para-hydroxylation sites is 2. The predicted octanol–water partition coefficient (Wildman–Crippen LogP) is 1.46. The maximum absolute atomic E-state index is 12.3. The molecule has 0 spiro atoms. The summed E-state index contributed by atoms with van der Waals surface area (Å²) < 4.78 is 24.3. The summed E-state index contributed by atoms with van der Waals surface area (Å²) in [6.45, 7) is 0. The largest absolute Gasteiger partial charge is 0.805 e. The third kappa shape index (κ3) is 1.75. The molecule has 102 valence electrons. The SMILES string of the molecule is CS(=O)(=O)c1ccc2c(c1)n([O-])c1ccccc1[n+]2=O. The molecule has 0 saturated carbocycles. The number of aromatic nitrogens is 2. The second-order valence-electron chi connectivity index (χ2n) is 4.50. The van der Waals surface area contributed by atoms with E-state index in [1.807, 2.05) is 0 Å². The zero-order valence-corrected chi connectivity index (χ0v) is 11.3. The van der Waals surface area contributed by atoms with E-state index in [9.17, 15) is 18.5 Å². The number of sulfone groups is 1. The molecule has 0 atom stereocenters. The van der Waals surface area contributed by atoms with Crippen molar-refractivity contribution in [2.45, 2.75) is 4.90 Å². The van der Waals surface area contributed by atoms with Crippen molar-refractivity contribution in [2.75, 3.05) is 6.26 Å². The number of benzene rings is 2. The van der Waals surface area contributed by atoms with Crippen LogP contribution in [0.5, 0.6) is 0 Å². The van der Waals surface area contributed by atoms with Gasteiger partial charge in [0.1, 0.15) is 11.0 Å². The van der Waals surface area contributed by atoms with Gasteiger partial charge in [-0.05, 0) is 18.2 Å². The molecule has 0 aliphatic carbocycles. The molecule has 3 aromatic rings. The number of hydrogen-bond acceptors (Lipinski definition) is 4. The molecule has 3 rings (SSSR count). The van der Waals surface area contributed by atoms with Crippen LogP contribution in [0.1, 0.15) is 0 Å². The van der Waals surface area contributed by atoms with E-state index in [4.69, 9.17) is 0 Å². The molecule has 0 aliphatic heterocycles. The Morgan fingerprint density at radius 3 is 2.40 bits per heavy atom. The minimum absolute atomic E-state index is 0.00452. The molecular formula is C13H10N2O4S. The second kappa shape index (κ2) is 4.04. The molecule has 0 aliphatic rings. The van der Waals surface area contributed by atoms with Gasteiger partial charge in [-0.25, -0.2) is 8.42 Å². The molecule has 1 aromatic heterocycles. The van der Waals surface area contributed by atoms with Gasteiger partial charge in [0.15, 0.2) is 9.84 Å². The van der Waals surface area contributed by atoms with Gasteiger partial charge in [0.2, 0.25) is 0 Å². The topological polar surface area (TPSA) is 85.1 Å². The first-order chi connectivity index (χ1) is 9.39. The molecule has 7 heteroatoms. The van der Waals surface area contributed by atoms with Crippen LogP contribution in [0.25, 0.3) is 22.1 Å². The van der Waals surface area contributed by atoms with Gasteiger partial charge < -0.3 is 9.94 Å². The average molecular weight is 290 g/mol. The summed E-state index contributed by atoms with van der Waals surface area (Å²) in [5.41, 5.74) is 0.593. The van der Waals surface area contributed by atoms with E-state index < -0.39 is 9.84 Å². The minimum Gasteiger partial charge on any atom is -0.805 e. The molecule has 1 heterocycles. The molecular weight excluding hydrogens is 280 g/mol. The lowest BCUT2D eigenvalue weighted by Gasteiger charge is -2.14. The van der Waals surface area contributed by atoms with Gasteiger partial charge in [0, 0.05) is 23.3 Å². The Morgan fingerprint density at radius 2 is 1.70 bits per heavy atom. The van der Waals surface area contributed by atoms with Crippen molar-refractivity contribution in [3.05, 3.63) is 52.6 Å². The van der Waals surface area contributed by atoms with Gasteiger partial charge in [-0.2, -0.15) is 0 Å². The zero-order valence-electron chi connectivity index (χ0n) is 10.5. The smallest absolute Gasteiger partial charge is 0.286 e. The highest BCUT2D eigenvalue weighted by Crippen LogP contribution is 2.20. The highest BCUT2D eigenvalue weighted by molar-refractivity contribution is 7.90. The molecule has 20 heavy (non-hydrogen) atoms. The summed E-state index contributed by atoms with van der Waals surface area (Å²) in [7, 11) is -3.44. The fourth-order valence-corrected chi connectivity index (χ4v) is 2.78. The van der Waals surface area contributed by atoms with Crippen LogP contribution < -0.4 is 4.43 Å². The first-order valence-corrected chi connectivity index (χ1v) is 7.66. The normalized spacial score (nSPS) is 12.1. The average Bonchev–Trinajstić information content (AvgIpc) is 2.43. The van der Waals surface area contributed by atoms with Crippen molar-refractivity contribution in [2.24, 2.45) is 0 Å². The lowest BCUT2D eigenvalue weighted by molar-refractivity contribution is -0.432. The van der Waals surface area contributed by atoms with E-state index in [-0.39, 0.29) is 27.0 Å². The number of fused-ring (bicyclic) bond motifs is 2. The summed E-state index contributed by atoms with van der Waals surface area (Å²) in [5.74, 6) is 0. The van der Waals surface area contributed by atoms with Crippen molar-refractivity contribution >= 4 is 31.9 Å². The van der Waals surface area contributed by atoms with Gasteiger partial charge in [-0.3, -0.25) is 0 Å². The fourth-order valence-electron chi connectivity index (χ4n) is 2.14. The summed E-state index contributed by atoms with van der Waals surface area (Å²) in [5, 5.41) is 12.3. The Labute approximate surface area is 114 Å². The molecule has 0 saturated heterocycles. The van der Waals surface area contributed by atoms with E-state index in [1.165, 1.54) is 24.3 Å². The number of rotatable bonds is 1. The molecule has 6 nitrogen and oxygen atoms in total. The van der Waals surface area contributed by atoms with Crippen molar-refractivity contribution in [1.29, 1.82) is 0 Å². The van der Waals surface area contributed by atoms with Crippen LogP contribution in [0.15, 0.2) is 47.4 Å². The lowest BCUT2D eigenvalue weighted by Crippen LogP contribution is -2.19. The van der Waals surface area contributed by atoms with Crippen LogP contribution in [-0.2, 0) is 9.84 Å². The van der Waals surface area contributed by atoms with E-state index in [2.05, 4.69) is 0 Å². The van der Waals surface area contributed by atoms with Crippen LogP contribution in [0, 0.1) is 10.1 Å². The Hall–Kier alpha value is -2.41. The zero-order chi connectivity index (χ0) is 14.5. The maximum Gasteiger partial charge on any atom is 0.286 e. The van der Waals surface area contributed by atoms with Crippen LogP contribution in [0.4, 0.5) is 0 Å². The van der Waals surface area contributed by atoms with Crippen molar-refractivity contribution in [3.63, 3.8) is 0 Å². The maximum atomic E-state index is 12.3. The molecule has 0 bridgehead atoms. The van der Waals surface area contributed by atoms with Crippen LogP contribution >= 0.6 is 0 Å². The van der Waals surface area contributed by atoms with Crippen molar-refractivity contribution in [3.8, 4) is 0 Å². The van der Waals surface area contributed by atoms with Gasteiger partial charge in [0.25, 0.3) is 11.0 Å². The fraction of sp³-hybridized carbons (Fsp3) is 0.0769. The second-order valence-corrected chi connectivity index (χ2v) is 6.52. The van der Waals surface area contributed by atoms with Gasteiger partial charge in [0.05, 0.1) is 9.32 Å². The van der Waals surface area contributed by atoms with Crippen molar-refractivity contribution < 1.29 is 12.8 Å². The standard InChI is InChI=1S/C13H10N2O4S/c1-20(18,19)9-6-7-12-13(8-9)15(17)11-5-3-2-4-10(11)14(12)16/h2-8H,1H3. The Balaban J connectivity index is 2.57. The monoisotopic (exact) mass is 290 g/mol. The highest BCUT2D eigenvalue weighted by atomic mass is 32.2. The van der Waals surface area contributed by atoms with E-state index in [0.717, 1.165) is 6.26 Å². The molecule has 0 radical (unpaired) electrons. The van der Waals surface area contributed by atoms with Crippen LogP contribution in [0.2, 0.25) is 0 Å². The third-order valence-electron chi connectivity index (χ3n) is 3.13. The Bertz CT molecular complexity index is 1010. The van der Waals surface area contributed by atoms with Gasteiger partial charge in [-0.1, -0.05) is 12.1 Å². The van der Waals surface area contributed by atoms with E-state index >= 15 is 0 Å². The first-order valence-electron chi connectivity index (χ1n) is 5.77. The van der Waals surface area contributed by atoms with Crippen LogP contribution in [-0.4, -0.2) is 19.4 Å². The van der Waals surface area contributed by atoms with Gasteiger partial charge in [-0.15, -0.1) is 0 Å². The summed E-state index contributed by atoms with van der Waals surface area (Å²) in [6.07, 6.45) is 1.05. The molecule has 2 aromatic carbocycles. The summed E-state index contributed by atoms with van der Waals surface area (Å²) in [6, 6.07) is 10.2. The highest BCUT2D eigenvalue weighted by Gasteiger charge is 2.17. The van der Waals surface area contributed by atoms with Gasteiger partial charge >= 0.3 is 0 Å². The van der Waals surface area contributed by atoms with E-state index in [0.29, 0.717) is 9.16 Å². The Kier molecular flexibility index (Phi) is 2.55. The van der Waals surface area contributed by atoms with E-state index in [1.54, 1.807) is 18.2 Å². The predicted molar refractivity (Wildman–Crippen MR) is 74.7 cm³/mol.